The van der Waals surface area contributed by atoms with E-state index >= 15 is 0 Å². The first-order valence-corrected chi connectivity index (χ1v) is 45.7. The van der Waals surface area contributed by atoms with Crippen LogP contribution in [0.5, 0.6) is 0 Å². The predicted octanol–water partition coefficient (Wildman–Crippen LogP) is 17.2. The van der Waals surface area contributed by atoms with Crippen LogP contribution < -0.4 is 0 Å². The summed E-state index contributed by atoms with van der Waals surface area (Å²) >= 11 is 0. The number of nitrogens with zero attached hydrogens (tertiary/aromatic N) is 12. The topological polar surface area (TPSA) is 265 Å². The van der Waals surface area contributed by atoms with Crippen molar-refractivity contribution in [3.8, 4) is 0 Å². The molecule has 23 nitrogen and oxygen atoms in total. The van der Waals surface area contributed by atoms with Gasteiger partial charge in [0.15, 0.2) is 23.1 Å². The second-order valence-electron chi connectivity index (χ2n) is 39.7. The van der Waals surface area contributed by atoms with E-state index in [4.69, 9.17) is 45.3 Å². The van der Waals surface area contributed by atoms with Crippen LogP contribution in [-0.2, 0) is 139 Å². The van der Waals surface area contributed by atoms with Crippen molar-refractivity contribution in [2.75, 3.05) is 26.4 Å². The summed E-state index contributed by atoms with van der Waals surface area (Å²) in [5.41, 5.74) is 15.4. The SMILES string of the molecule is C.CC[C@@H]1C(=O)/C(=C\O)C[C@]2(C)c3nn(C)cc3CC[C@@H]12.CC[C@@H]1C(=O)CC[C@]2(C)c3nn(C)cc3CC[C@@H]12.CC[C@@H]1c2oncc2C[C@]2(C)c3nn(C)cc3CC[C@@H]12.CC[C@H]1[C@@H]2CC/C(=C\O)C(=O)[C@@]2(C)CCC12OCCO2.CC[C@H]1[C@@H]2CCc3cn(C)nc3[C@@]2(C)CCC12OCCO2.[C-]#[N+]C1C[C@]2(C)c3nn(C)cc3CC[C@H]2[C@H](CC)C1=O. The van der Waals surface area contributed by atoms with E-state index in [9.17, 15) is 29.4 Å². The summed E-state index contributed by atoms with van der Waals surface area (Å²) in [7, 11) is 9.98. The average molecular weight is 1650 g/mol. The second-order valence-corrected chi connectivity index (χ2v) is 39.7. The average Bonchev–Trinajstić information content (AvgIpc) is 1.45. The number of aliphatic hydroxyl groups is 2. The molecule has 6 saturated carbocycles. The van der Waals surface area contributed by atoms with Crippen LogP contribution in [0.1, 0.15) is 299 Å². The Kier molecular flexibility index (Phi) is 25.2. The molecule has 2 saturated heterocycles. The minimum absolute atomic E-state index is 0. The Balaban J connectivity index is 0.000000118. The number of carbonyl (C=O) groups is 4. The van der Waals surface area contributed by atoms with E-state index in [-0.39, 0.29) is 92.6 Å². The zero-order chi connectivity index (χ0) is 84.8. The molecule has 8 fully saturated rings. The summed E-state index contributed by atoms with van der Waals surface area (Å²) in [6.45, 7) is 36.8. The van der Waals surface area contributed by atoms with Crippen LogP contribution in [0.2, 0.25) is 0 Å². The summed E-state index contributed by atoms with van der Waals surface area (Å²) in [6, 6.07) is -0.478. The molecule has 2 aliphatic heterocycles. The molecule has 12 aliphatic carbocycles. The third-order valence-electron chi connectivity index (χ3n) is 33.4. The number of hydrogen-bond donors (Lipinski definition) is 2. The lowest BCUT2D eigenvalue weighted by Crippen LogP contribution is -2.56. The first kappa shape index (κ1) is 88.7. The number of aliphatic hydroxyl groups excluding tert-OH is 2. The highest BCUT2D eigenvalue weighted by Gasteiger charge is 2.63. The lowest BCUT2D eigenvalue weighted by atomic mass is 9.53. The number of allylic oxidation sites excluding steroid dienone is 2. The van der Waals surface area contributed by atoms with Gasteiger partial charge in [-0.1, -0.05) is 95.7 Å². The van der Waals surface area contributed by atoms with Crippen molar-refractivity contribution in [2.45, 2.75) is 314 Å². The Bertz CT molecular complexity index is 4850. The molecule has 0 bridgehead atoms. The largest absolute Gasteiger partial charge is 0.515 e. The number of ether oxygens (including phenoxy) is 4. The zero-order valence-electron chi connectivity index (χ0n) is 74.5. The number of hydrogen-bond acceptors (Lipinski definition) is 17. The van der Waals surface area contributed by atoms with Gasteiger partial charge >= 0.3 is 0 Å². The van der Waals surface area contributed by atoms with E-state index in [0.717, 1.165) is 184 Å². The van der Waals surface area contributed by atoms with Gasteiger partial charge in [0.25, 0.3) is 6.04 Å². The highest BCUT2D eigenvalue weighted by Crippen LogP contribution is 2.62. The second kappa shape index (κ2) is 34.1. The highest BCUT2D eigenvalue weighted by molar-refractivity contribution is 6.00. The van der Waals surface area contributed by atoms with Crippen molar-refractivity contribution in [2.24, 2.45) is 106 Å². The Labute approximate surface area is 712 Å². The number of carbonyl (C=O) groups excluding carboxylic acids is 4. The molecule has 0 amide bonds. The molecular formula is C97H140N12O11. The fraction of sp³-hybridized carbons (Fsp3) is 0.722. The molecule has 20 rings (SSSR count). The van der Waals surface area contributed by atoms with Crippen LogP contribution in [0.25, 0.3) is 4.85 Å². The number of aryl methyl sites for hydroxylation is 10. The number of fused-ring (bicyclic) bond motifs is 17. The first-order valence-electron chi connectivity index (χ1n) is 45.7. The number of Topliss-reactive ketones (excluding diaryl/α,β-unsaturated/α-hetero) is 4. The molecule has 6 aromatic heterocycles. The third-order valence-corrected chi connectivity index (χ3v) is 33.4. The number of rotatable bonds is 6. The van der Waals surface area contributed by atoms with Crippen molar-refractivity contribution in [1.82, 2.24) is 54.1 Å². The summed E-state index contributed by atoms with van der Waals surface area (Å²) in [5.74, 6) is 5.58. The molecule has 0 radical (unpaired) electrons. The molecule has 23 heteroatoms. The molecule has 19 atom stereocenters. The highest BCUT2D eigenvalue weighted by atomic mass is 16.7. The first-order chi connectivity index (χ1) is 56.9. The maximum atomic E-state index is 12.7. The van der Waals surface area contributed by atoms with Crippen molar-refractivity contribution >= 4 is 23.1 Å². The van der Waals surface area contributed by atoms with Gasteiger partial charge < -0.3 is 38.5 Å². The lowest BCUT2D eigenvalue weighted by molar-refractivity contribution is -0.246. The van der Waals surface area contributed by atoms with Crippen molar-refractivity contribution in [1.29, 1.82) is 0 Å². The van der Waals surface area contributed by atoms with Crippen molar-refractivity contribution in [3.05, 3.63) is 140 Å². The van der Waals surface area contributed by atoms with Crippen LogP contribution in [0, 0.1) is 77.1 Å². The van der Waals surface area contributed by atoms with Gasteiger partial charge in [0, 0.05) is 177 Å². The maximum absolute atomic E-state index is 12.7. The van der Waals surface area contributed by atoms with E-state index in [0.29, 0.717) is 90.8 Å². The van der Waals surface area contributed by atoms with E-state index < -0.39 is 11.8 Å². The van der Waals surface area contributed by atoms with Crippen LogP contribution in [-0.4, -0.2) is 131 Å². The van der Waals surface area contributed by atoms with Gasteiger partial charge in [-0.3, -0.25) is 42.6 Å². The Morgan fingerprint density at radius 2 is 0.808 bits per heavy atom. The Hall–Kier alpha value is -7.65. The molecular weight excluding hydrogens is 1510 g/mol. The summed E-state index contributed by atoms with van der Waals surface area (Å²) < 4.78 is 39.4. The Morgan fingerprint density at radius 1 is 0.433 bits per heavy atom. The monoisotopic (exact) mass is 1650 g/mol. The van der Waals surface area contributed by atoms with Gasteiger partial charge in [-0.25, -0.2) is 6.57 Å². The predicted molar refractivity (Wildman–Crippen MR) is 460 cm³/mol. The van der Waals surface area contributed by atoms with E-state index in [2.05, 4.69) is 134 Å². The quantitative estimate of drug-likeness (QED) is 0.0891. The summed E-state index contributed by atoms with van der Waals surface area (Å²) in [4.78, 5) is 53.3. The molecule has 8 heterocycles. The lowest BCUT2D eigenvalue weighted by Gasteiger charge is -2.54. The fourth-order valence-electron chi connectivity index (χ4n) is 27.7. The van der Waals surface area contributed by atoms with Crippen molar-refractivity contribution in [3.63, 3.8) is 0 Å². The molecule has 2 spiro atoms. The molecule has 120 heavy (non-hydrogen) atoms. The molecule has 654 valence electrons. The molecule has 2 N–H and O–H groups in total. The van der Waals surface area contributed by atoms with E-state index in [1.54, 1.807) is 0 Å². The smallest absolute Gasteiger partial charge is 0.282 e. The van der Waals surface area contributed by atoms with Gasteiger partial charge in [0.2, 0.25) is 5.78 Å². The summed E-state index contributed by atoms with van der Waals surface area (Å²) in [6.07, 6.45) is 40.9. The van der Waals surface area contributed by atoms with Gasteiger partial charge in [-0.15, -0.1) is 0 Å². The van der Waals surface area contributed by atoms with Crippen LogP contribution >= 0.6 is 0 Å². The molecule has 6 aromatic rings. The Morgan fingerprint density at radius 3 is 1.24 bits per heavy atom. The van der Waals surface area contributed by atoms with Crippen molar-refractivity contribution < 1.29 is 52.9 Å². The summed E-state index contributed by atoms with van der Waals surface area (Å²) in [5, 5.41) is 46.4. The van der Waals surface area contributed by atoms with Gasteiger partial charge in [0.05, 0.1) is 73.6 Å². The van der Waals surface area contributed by atoms with Gasteiger partial charge in [0.1, 0.15) is 11.5 Å². The number of ketones is 4. The van der Waals surface area contributed by atoms with Crippen LogP contribution in [0.4, 0.5) is 0 Å². The van der Waals surface area contributed by atoms with Crippen LogP contribution in [0.3, 0.4) is 0 Å². The van der Waals surface area contributed by atoms with Gasteiger partial charge in [-0.2, -0.15) is 25.5 Å². The standard InChI is InChI=1S/C17H26N2O2.2C16H21N3O.C16H22N2O2.C16H24O4.C15H22N2O.CH4/c1-4-13-14-6-5-12-11-19(3)18-15(12)16(14,2)7-8-17(13)20-9-10-21-17;1-4-12-13-6-5-10-9-19(3)18-15(10)16(13,2)7-11-8-17-20-14(11)12;1-5-11-12-7-6-10-9-19(4)18-15(10)16(12,2)8-13(17-3)14(11)20;1-4-12-13-6-5-10-8-18(3)17-15(10)16(13,2)7-11(9-19)14(12)20;1-3-12-13-5-4-11(10-17)14(18)15(13,2)6-7-16(12)19-8-9-20-16;1-4-11-12-6-5-10-9-17(3)16-14(10)15(12,2)8-7-13(11)18;/h11,13-14H,4-10H2,1-3H3;8-9,12-13H,4-7H2,1-3H3;9,11-13H,5-8H2,1-2,4H3;8-9,12-13,19H,4-7H2,1-3H3;10,12-13,17H,3-9H2,1-2H3;9,11-12H,4-8H2,1-3H3;1H4/b;;;11-9-;11-10+;;/t13-,14-,16-;12-,13-,16-;11-,12-,13?,16-;12-,13-,16-;12-,13-,15-;11-,12-,15-;/m000000./s1. The van der Waals surface area contributed by atoms with Gasteiger partial charge in [-0.05, 0) is 211 Å². The van der Waals surface area contributed by atoms with E-state index in [1.807, 2.05) is 64.8 Å². The molecule has 14 aliphatic rings. The molecule has 1 unspecified atom stereocenters. The maximum Gasteiger partial charge on any atom is 0.282 e. The number of aromatic nitrogens is 11. The van der Waals surface area contributed by atoms with E-state index in [1.165, 1.54) is 63.3 Å². The normalized spacial score (nSPS) is 36.0. The molecule has 0 aromatic carbocycles. The fourth-order valence-corrected chi connectivity index (χ4v) is 27.7. The third kappa shape index (κ3) is 14.7. The minimum atomic E-state index is -0.478. The minimum Gasteiger partial charge on any atom is -0.515 e. The zero-order valence-corrected chi connectivity index (χ0v) is 74.5. The van der Waals surface area contributed by atoms with Crippen LogP contribution in [0.15, 0.2) is 65.4 Å².